The van der Waals surface area contributed by atoms with Gasteiger partial charge >= 0.3 is 0 Å². The maximum Gasteiger partial charge on any atom is 0.180 e. The van der Waals surface area contributed by atoms with Crippen LogP contribution in [0.15, 0.2) is 65.8 Å². The normalized spacial score (nSPS) is 11.0. The number of hydrogen-bond acceptors (Lipinski definition) is 4. The molecular formula is C18H16N4O. The summed E-state index contributed by atoms with van der Waals surface area (Å²) in [6.45, 7) is 2.69. The average molecular weight is 304 g/mol. The smallest absolute Gasteiger partial charge is 0.180 e. The maximum atomic E-state index is 5.21. The van der Waals surface area contributed by atoms with Gasteiger partial charge in [-0.25, -0.2) is 9.97 Å². The molecule has 5 heteroatoms. The molecule has 0 aliphatic carbocycles. The van der Waals surface area contributed by atoms with Crippen molar-refractivity contribution in [3.05, 3.63) is 72.7 Å². The second-order valence-corrected chi connectivity index (χ2v) is 5.45. The van der Waals surface area contributed by atoms with Gasteiger partial charge in [-0.1, -0.05) is 18.2 Å². The number of nitrogens with zero attached hydrogens (tertiary/aromatic N) is 3. The van der Waals surface area contributed by atoms with Gasteiger partial charge in [0.1, 0.15) is 11.4 Å². The highest BCUT2D eigenvalue weighted by atomic mass is 16.3. The molecule has 0 radical (unpaired) electrons. The zero-order chi connectivity index (χ0) is 15.6. The molecule has 0 saturated carbocycles. The van der Waals surface area contributed by atoms with Crippen LogP contribution in [0.2, 0.25) is 0 Å². The number of rotatable bonds is 4. The summed E-state index contributed by atoms with van der Waals surface area (Å²) < 4.78 is 7.26. The Morgan fingerprint density at radius 2 is 2.04 bits per heavy atom. The standard InChI is InChI=1S/C18H16N4O/c1-13-3-2-8-22-11-17(21-18(13)22)14-4-6-15(7-5-14)20-10-16-9-19-12-23-16/h2-9,11-12,20H,10H2,1H3. The predicted molar refractivity (Wildman–Crippen MR) is 89.2 cm³/mol. The molecule has 0 bridgehead atoms. The molecule has 0 atom stereocenters. The van der Waals surface area contributed by atoms with Crippen molar-refractivity contribution in [3.8, 4) is 11.3 Å². The lowest BCUT2D eigenvalue weighted by Gasteiger charge is -2.04. The fourth-order valence-corrected chi connectivity index (χ4v) is 2.57. The van der Waals surface area contributed by atoms with Gasteiger partial charge in [-0.15, -0.1) is 0 Å². The van der Waals surface area contributed by atoms with Gasteiger partial charge in [-0.3, -0.25) is 0 Å². The van der Waals surface area contributed by atoms with Crippen molar-refractivity contribution in [2.75, 3.05) is 5.32 Å². The van der Waals surface area contributed by atoms with Crippen molar-refractivity contribution in [2.45, 2.75) is 13.5 Å². The average Bonchev–Trinajstić information content (AvgIpc) is 3.23. The number of anilines is 1. The molecule has 3 aromatic heterocycles. The van der Waals surface area contributed by atoms with Gasteiger partial charge in [0.15, 0.2) is 6.39 Å². The number of oxazole rings is 1. The fraction of sp³-hybridized carbons (Fsp3) is 0.111. The first kappa shape index (κ1) is 13.6. The van der Waals surface area contributed by atoms with E-state index in [1.165, 1.54) is 12.0 Å². The van der Waals surface area contributed by atoms with Crippen molar-refractivity contribution < 1.29 is 4.42 Å². The number of imidazole rings is 1. The second-order valence-electron chi connectivity index (χ2n) is 5.45. The van der Waals surface area contributed by atoms with Crippen molar-refractivity contribution in [3.63, 3.8) is 0 Å². The highest BCUT2D eigenvalue weighted by molar-refractivity contribution is 5.66. The van der Waals surface area contributed by atoms with Gasteiger partial charge in [-0.05, 0) is 30.7 Å². The maximum absolute atomic E-state index is 5.21. The first-order valence-corrected chi connectivity index (χ1v) is 7.45. The molecule has 0 aliphatic heterocycles. The van der Waals surface area contributed by atoms with E-state index in [9.17, 15) is 0 Å². The predicted octanol–water partition coefficient (Wildman–Crippen LogP) is 3.91. The Morgan fingerprint density at radius 3 is 2.78 bits per heavy atom. The number of fused-ring (bicyclic) bond motifs is 1. The Hall–Kier alpha value is -3.08. The number of aryl methyl sites for hydroxylation is 1. The Bertz CT molecular complexity index is 923. The highest BCUT2D eigenvalue weighted by Crippen LogP contribution is 2.22. The van der Waals surface area contributed by atoms with Crippen LogP contribution < -0.4 is 5.32 Å². The lowest BCUT2D eigenvalue weighted by Crippen LogP contribution is -1.97. The SMILES string of the molecule is Cc1cccn2cc(-c3ccc(NCc4cnco4)cc3)nc12. The molecule has 0 unspecified atom stereocenters. The molecular weight excluding hydrogens is 288 g/mol. The van der Waals surface area contributed by atoms with E-state index in [0.717, 1.165) is 28.4 Å². The summed E-state index contributed by atoms with van der Waals surface area (Å²) in [5, 5.41) is 3.30. The van der Waals surface area contributed by atoms with Crippen LogP contribution in [0.5, 0.6) is 0 Å². The topological polar surface area (TPSA) is 55.4 Å². The van der Waals surface area contributed by atoms with Gasteiger partial charge in [0.25, 0.3) is 0 Å². The van der Waals surface area contributed by atoms with Crippen LogP contribution in [0.4, 0.5) is 5.69 Å². The monoisotopic (exact) mass is 304 g/mol. The van der Waals surface area contributed by atoms with E-state index >= 15 is 0 Å². The van der Waals surface area contributed by atoms with Crippen molar-refractivity contribution in [2.24, 2.45) is 0 Å². The van der Waals surface area contributed by atoms with E-state index in [0.29, 0.717) is 6.54 Å². The van der Waals surface area contributed by atoms with Crippen molar-refractivity contribution in [1.29, 1.82) is 0 Å². The van der Waals surface area contributed by atoms with Gasteiger partial charge in [-0.2, -0.15) is 0 Å². The van der Waals surface area contributed by atoms with Crippen LogP contribution in [0, 0.1) is 6.92 Å². The van der Waals surface area contributed by atoms with Crippen LogP contribution in [-0.4, -0.2) is 14.4 Å². The summed E-state index contributed by atoms with van der Waals surface area (Å²) in [6, 6.07) is 12.3. The van der Waals surface area contributed by atoms with Gasteiger partial charge < -0.3 is 14.1 Å². The minimum Gasteiger partial charge on any atom is -0.447 e. The molecule has 1 aromatic carbocycles. The molecule has 0 spiro atoms. The lowest BCUT2D eigenvalue weighted by atomic mass is 10.1. The van der Waals surface area contributed by atoms with E-state index in [1.807, 2.05) is 24.4 Å². The highest BCUT2D eigenvalue weighted by Gasteiger charge is 2.06. The molecule has 0 saturated heterocycles. The number of pyridine rings is 1. The van der Waals surface area contributed by atoms with Crippen molar-refractivity contribution in [1.82, 2.24) is 14.4 Å². The Morgan fingerprint density at radius 1 is 1.17 bits per heavy atom. The minimum atomic E-state index is 0.618. The quantitative estimate of drug-likeness (QED) is 0.621. The fourth-order valence-electron chi connectivity index (χ4n) is 2.57. The third kappa shape index (κ3) is 2.68. The number of benzene rings is 1. The second kappa shape index (κ2) is 5.61. The van der Waals surface area contributed by atoms with E-state index in [2.05, 4.69) is 46.0 Å². The van der Waals surface area contributed by atoms with Crippen molar-refractivity contribution >= 4 is 11.3 Å². The first-order chi connectivity index (χ1) is 11.3. The van der Waals surface area contributed by atoms with Gasteiger partial charge in [0.2, 0.25) is 0 Å². The van der Waals surface area contributed by atoms with Crippen LogP contribution >= 0.6 is 0 Å². The Balaban J connectivity index is 1.55. The third-order valence-electron chi connectivity index (χ3n) is 3.81. The Labute approximate surface area is 133 Å². The minimum absolute atomic E-state index is 0.618. The Kier molecular flexibility index (Phi) is 3.31. The summed E-state index contributed by atoms with van der Waals surface area (Å²) in [7, 11) is 0. The summed E-state index contributed by atoms with van der Waals surface area (Å²) >= 11 is 0. The molecule has 4 aromatic rings. The zero-order valence-electron chi connectivity index (χ0n) is 12.7. The van der Waals surface area contributed by atoms with E-state index in [1.54, 1.807) is 6.20 Å². The molecule has 114 valence electrons. The first-order valence-electron chi connectivity index (χ1n) is 7.45. The van der Waals surface area contributed by atoms with Crippen LogP contribution in [0.1, 0.15) is 11.3 Å². The number of hydrogen-bond donors (Lipinski definition) is 1. The largest absolute Gasteiger partial charge is 0.447 e. The number of nitrogens with one attached hydrogen (secondary N) is 1. The van der Waals surface area contributed by atoms with E-state index < -0.39 is 0 Å². The van der Waals surface area contributed by atoms with Gasteiger partial charge in [0.05, 0.1) is 18.4 Å². The summed E-state index contributed by atoms with van der Waals surface area (Å²) in [5.41, 5.74) is 5.27. The molecule has 5 nitrogen and oxygen atoms in total. The summed E-state index contributed by atoms with van der Waals surface area (Å²) in [5.74, 6) is 0.810. The number of aromatic nitrogens is 3. The van der Waals surface area contributed by atoms with Crippen LogP contribution in [-0.2, 0) is 6.54 Å². The molecule has 23 heavy (non-hydrogen) atoms. The molecule has 3 heterocycles. The van der Waals surface area contributed by atoms with Crippen LogP contribution in [0.25, 0.3) is 16.9 Å². The molecule has 0 fully saturated rings. The zero-order valence-corrected chi connectivity index (χ0v) is 12.7. The molecule has 0 amide bonds. The summed E-state index contributed by atoms with van der Waals surface area (Å²) in [4.78, 5) is 8.62. The van der Waals surface area contributed by atoms with E-state index in [4.69, 9.17) is 9.40 Å². The van der Waals surface area contributed by atoms with E-state index in [-0.39, 0.29) is 0 Å². The molecule has 4 rings (SSSR count). The summed E-state index contributed by atoms with van der Waals surface area (Å²) in [6.07, 6.45) is 7.22. The molecule has 1 N–H and O–H groups in total. The lowest BCUT2D eigenvalue weighted by molar-refractivity contribution is 0.512. The third-order valence-corrected chi connectivity index (χ3v) is 3.81. The van der Waals surface area contributed by atoms with Crippen LogP contribution in [0.3, 0.4) is 0 Å². The molecule has 0 aliphatic rings. The van der Waals surface area contributed by atoms with Gasteiger partial charge in [0, 0.05) is 23.6 Å².